The fourth-order valence-electron chi connectivity index (χ4n) is 1.77. The first-order valence-corrected chi connectivity index (χ1v) is 8.67. The zero-order chi connectivity index (χ0) is 15.9. The monoisotopic (exact) mass is 313 g/mol. The smallest absolute Gasteiger partial charge is 0.266 e. The average molecular weight is 313 g/mol. The molecule has 0 aliphatic rings. The Bertz CT molecular complexity index is 544. The molecule has 2 N–H and O–H groups in total. The van der Waals surface area contributed by atoms with Gasteiger partial charge in [0.1, 0.15) is 0 Å². The Hall–Kier alpha value is -1.47. The number of carbonyl (C=O) groups is 1. The second-order valence-electron chi connectivity index (χ2n) is 5.29. The molecule has 1 aromatic rings. The van der Waals surface area contributed by atoms with Gasteiger partial charge in [0.2, 0.25) is 10.0 Å². The van der Waals surface area contributed by atoms with Crippen molar-refractivity contribution in [3.8, 4) is 0 Å². The molecule has 0 radical (unpaired) electrons. The molecule has 0 fully saturated rings. The lowest BCUT2D eigenvalue weighted by Gasteiger charge is -2.18. The second kappa shape index (κ2) is 8.09. The summed E-state index contributed by atoms with van der Waals surface area (Å²) in [6.45, 7) is 6.55. The van der Waals surface area contributed by atoms with Crippen LogP contribution in [0, 0.1) is 5.92 Å². The van der Waals surface area contributed by atoms with Crippen molar-refractivity contribution in [3.63, 3.8) is 0 Å². The Kier molecular flexibility index (Phi) is 6.77. The van der Waals surface area contributed by atoms with Crippen LogP contribution in [0.1, 0.15) is 37.6 Å². The highest BCUT2D eigenvalue weighted by Gasteiger charge is 2.21. The van der Waals surface area contributed by atoms with Crippen molar-refractivity contribution in [2.45, 2.75) is 33.2 Å². The van der Waals surface area contributed by atoms with Crippen molar-refractivity contribution in [1.82, 2.24) is 15.0 Å². The molecule has 1 rings (SSSR count). The lowest BCUT2D eigenvalue weighted by atomic mass is 10.1. The minimum absolute atomic E-state index is 0.0356. The first kappa shape index (κ1) is 17.6. The number of nitrogens with zero attached hydrogens (tertiary/aromatic N) is 1. The van der Waals surface area contributed by atoms with Crippen LogP contribution in [0.3, 0.4) is 0 Å². The van der Waals surface area contributed by atoms with Gasteiger partial charge in [-0.2, -0.15) is 0 Å². The predicted molar refractivity (Wildman–Crippen MR) is 82.4 cm³/mol. The van der Waals surface area contributed by atoms with Gasteiger partial charge in [-0.1, -0.05) is 27.2 Å². The molecule has 7 heteroatoms. The van der Waals surface area contributed by atoms with Crippen molar-refractivity contribution in [1.29, 1.82) is 0 Å². The molecular weight excluding hydrogens is 290 g/mol. The molecule has 1 amide bonds. The first-order valence-electron chi connectivity index (χ1n) is 7.02. The van der Waals surface area contributed by atoms with Gasteiger partial charge in [-0.25, -0.2) is 13.1 Å². The van der Waals surface area contributed by atoms with E-state index in [1.165, 1.54) is 18.5 Å². The van der Waals surface area contributed by atoms with Crippen LogP contribution in [-0.2, 0) is 10.0 Å². The number of aromatic nitrogens is 1. The van der Waals surface area contributed by atoms with Crippen molar-refractivity contribution in [2.24, 2.45) is 5.92 Å². The van der Waals surface area contributed by atoms with E-state index in [9.17, 15) is 13.2 Å². The standard InChI is InChI=1S/C14H23N3O3S/c1-4-12(8-16-11(2)3)10-21(19,20)17-14(18)13-6-5-7-15-9-13/h5-7,9,11-12,16H,4,8,10H2,1-3H3,(H,17,18). The van der Waals surface area contributed by atoms with Crippen LogP contribution in [0.15, 0.2) is 24.5 Å². The van der Waals surface area contributed by atoms with Crippen LogP contribution < -0.4 is 10.0 Å². The zero-order valence-electron chi connectivity index (χ0n) is 12.7. The summed E-state index contributed by atoms with van der Waals surface area (Å²) in [5.74, 6) is -0.753. The molecule has 0 saturated heterocycles. The average Bonchev–Trinajstić information content (AvgIpc) is 2.43. The number of pyridine rings is 1. The van der Waals surface area contributed by atoms with Gasteiger partial charge in [0.25, 0.3) is 5.91 Å². The molecule has 1 atom stereocenters. The van der Waals surface area contributed by atoms with Gasteiger partial charge in [-0.15, -0.1) is 0 Å². The Morgan fingerprint density at radius 1 is 1.38 bits per heavy atom. The van der Waals surface area contributed by atoms with Crippen molar-refractivity contribution < 1.29 is 13.2 Å². The predicted octanol–water partition coefficient (Wildman–Crippen LogP) is 1.17. The third-order valence-corrected chi connectivity index (χ3v) is 4.43. The van der Waals surface area contributed by atoms with Gasteiger partial charge >= 0.3 is 0 Å². The summed E-state index contributed by atoms with van der Waals surface area (Å²) in [5, 5.41) is 3.22. The van der Waals surface area contributed by atoms with E-state index >= 15 is 0 Å². The molecule has 0 spiro atoms. The minimum Gasteiger partial charge on any atom is -0.314 e. The summed E-state index contributed by atoms with van der Waals surface area (Å²) in [6.07, 6.45) is 3.58. The van der Waals surface area contributed by atoms with E-state index in [1.807, 2.05) is 20.8 Å². The molecule has 118 valence electrons. The SMILES string of the molecule is CCC(CNC(C)C)CS(=O)(=O)NC(=O)c1cccnc1. The first-order chi connectivity index (χ1) is 9.84. The Morgan fingerprint density at radius 3 is 2.62 bits per heavy atom. The molecule has 21 heavy (non-hydrogen) atoms. The van der Waals surface area contributed by atoms with Gasteiger partial charge in [-0.3, -0.25) is 9.78 Å². The number of hydrogen-bond acceptors (Lipinski definition) is 5. The van der Waals surface area contributed by atoms with Crippen molar-refractivity contribution in [2.75, 3.05) is 12.3 Å². The highest BCUT2D eigenvalue weighted by molar-refractivity contribution is 7.90. The quantitative estimate of drug-likeness (QED) is 0.752. The van der Waals surface area contributed by atoms with Crippen LogP contribution in [0.4, 0.5) is 0 Å². The number of nitrogens with one attached hydrogen (secondary N) is 2. The molecule has 0 aromatic carbocycles. The molecule has 1 heterocycles. The van der Waals surface area contributed by atoms with Gasteiger partial charge in [-0.05, 0) is 24.6 Å². The van der Waals surface area contributed by atoms with E-state index in [4.69, 9.17) is 0 Å². The van der Waals surface area contributed by atoms with E-state index in [2.05, 4.69) is 15.0 Å². The number of carbonyl (C=O) groups excluding carboxylic acids is 1. The second-order valence-corrected chi connectivity index (χ2v) is 7.06. The van der Waals surface area contributed by atoms with Gasteiger partial charge < -0.3 is 5.32 Å². The Labute approximate surface area is 126 Å². The number of sulfonamides is 1. The minimum atomic E-state index is -3.66. The van der Waals surface area contributed by atoms with Crippen LogP contribution in [0.2, 0.25) is 0 Å². The molecule has 6 nitrogen and oxygen atoms in total. The van der Waals surface area contributed by atoms with E-state index in [0.29, 0.717) is 12.6 Å². The van der Waals surface area contributed by atoms with Gasteiger partial charge in [0.05, 0.1) is 11.3 Å². The third kappa shape index (κ3) is 6.68. The topological polar surface area (TPSA) is 88.2 Å². The van der Waals surface area contributed by atoms with Crippen LogP contribution >= 0.6 is 0 Å². The summed E-state index contributed by atoms with van der Waals surface area (Å²) in [5.41, 5.74) is 0.231. The van der Waals surface area contributed by atoms with E-state index < -0.39 is 15.9 Å². The normalized spacial score (nSPS) is 13.1. The molecule has 0 saturated carbocycles. The Balaban J connectivity index is 2.62. The molecule has 1 unspecified atom stereocenters. The Morgan fingerprint density at radius 2 is 2.10 bits per heavy atom. The van der Waals surface area contributed by atoms with Crippen LogP contribution in [-0.4, -0.2) is 37.6 Å². The van der Waals surface area contributed by atoms with Crippen LogP contribution in [0.25, 0.3) is 0 Å². The van der Waals surface area contributed by atoms with Gasteiger partial charge in [0, 0.05) is 18.4 Å². The highest BCUT2D eigenvalue weighted by atomic mass is 32.2. The molecule has 0 aliphatic carbocycles. The van der Waals surface area contributed by atoms with Crippen LogP contribution in [0.5, 0.6) is 0 Å². The van der Waals surface area contributed by atoms with E-state index in [0.717, 1.165) is 6.42 Å². The van der Waals surface area contributed by atoms with Crippen molar-refractivity contribution in [3.05, 3.63) is 30.1 Å². The third-order valence-electron chi connectivity index (χ3n) is 3.02. The maximum atomic E-state index is 12.0. The molecule has 1 aromatic heterocycles. The summed E-state index contributed by atoms with van der Waals surface area (Å²) in [7, 11) is -3.66. The molecule has 0 aliphatic heterocycles. The maximum absolute atomic E-state index is 12.0. The van der Waals surface area contributed by atoms with Gasteiger partial charge in [0.15, 0.2) is 0 Å². The fourth-order valence-corrected chi connectivity index (χ4v) is 3.23. The molecular formula is C14H23N3O3S. The highest BCUT2D eigenvalue weighted by Crippen LogP contribution is 2.06. The van der Waals surface area contributed by atoms with E-state index in [1.54, 1.807) is 6.07 Å². The van der Waals surface area contributed by atoms with Crippen molar-refractivity contribution >= 4 is 15.9 Å². The summed E-state index contributed by atoms with van der Waals surface area (Å²) in [4.78, 5) is 15.6. The number of rotatable bonds is 8. The largest absolute Gasteiger partial charge is 0.314 e. The maximum Gasteiger partial charge on any atom is 0.266 e. The fraction of sp³-hybridized carbons (Fsp3) is 0.571. The van der Waals surface area contributed by atoms with E-state index in [-0.39, 0.29) is 17.2 Å². The zero-order valence-corrected chi connectivity index (χ0v) is 13.5. The number of hydrogen-bond donors (Lipinski definition) is 2. The summed E-state index contributed by atoms with van der Waals surface area (Å²) >= 11 is 0. The lowest BCUT2D eigenvalue weighted by Crippen LogP contribution is -2.38. The lowest BCUT2D eigenvalue weighted by molar-refractivity contribution is 0.0981. The number of amides is 1. The summed E-state index contributed by atoms with van der Waals surface area (Å²) in [6, 6.07) is 3.41. The summed E-state index contributed by atoms with van der Waals surface area (Å²) < 4.78 is 26.2. The molecule has 0 bridgehead atoms.